The molecule has 2 heterocycles. The van der Waals surface area contributed by atoms with E-state index in [-0.39, 0.29) is 13.6 Å². The summed E-state index contributed by atoms with van der Waals surface area (Å²) in [6, 6.07) is 0. The molecule has 1 aliphatic heterocycles. The molecule has 15 heavy (non-hydrogen) atoms. The van der Waals surface area contributed by atoms with Crippen LogP contribution in [0.1, 0.15) is 19.5 Å². The summed E-state index contributed by atoms with van der Waals surface area (Å²) in [5, 5.41) is 2.25. The van der Waals surface area contributed by atoms with Gasteiger partial charge in [-0.25, -0.2) is 4.98 Å². The summed E-state index contributed by atoms with van der Waals surface area (Å²) in [6.07, 6.45) is 1.02. The molecule has 0 radical (unpaired) electrons. The minimum atomic E-state index is -2.93. The second kappa shape index (κ2) is 5.07. The van der Waals surface area contributed by atoms with Gasteiger partial charge >= 0.3 is 7.60 Å². The molecule has 0 spiro atoms. The molecule has 1 saturated heterocycles. The molecule has 0 bridgehead atoms. The van der Waals surface area contributed by atoms with Crippen LogP contribution in [0.4, 0.5) is 5.13 Å². The Hall–Kier alpha value is -0.420. The van der Waals surface area contributed by atoms with Gasteiger partial charge in [-0.2, -0.15) is 0 Å². The fraction of sp³-hybridized carbons (Fsp3) is 0.625. The van der Waals surface area contributed by atoms with Gasteiger partial charge in [0.1, 0.15) is 0 Å². The van der Waals surface area contributed by atoms with Crippen molar-refractivity contribution in [3.8, 4) is 0 Å². The van der Waals surface area contributed by atoms with Gasteiger partial charge in [-0.1, -0.05) is 7.43 Å². The van der Waals surface area contributed by atoms with Gasteiger partial charge in [0.2, 0.25) is 0 Å². The van der Waals surface area contributed by atoms with Crippen LogP contribution in [0.25, 0.3) is 0 Å². The zero-order chi connectivity index (χ0) is 10.0. The molecule has 2 N–H and O–H groups in total. The van der Waals surface area contributed by atoms with E-state index in [4.69, 9.17) is 14.8 Å². The Kier molecular flexibility index (Phi) is 4.28. The molecule has 0 saturated carbocycles. The van der Waals surface area contributed by atoms with Crippen LogP contribution in [-0.4, -0.2) is 18.2 Å². The quantitative estimate of drug-likeness (QED) is 0.816. The van der Waals surface area contributed by atoms with Crippen LogP contribution in [0.5, 0.6) is 0 Å². The van der Waals surface area contributed by atoms with Crippen LogP contribution in [0, 0.1) is 0 Å². The van der Waals surface area contributed by atoms with Crippen molar-refractivity contribution in [1.82, 2.24) is 4.98 Å². The molecule has 1 aliphatic rings. The van der Waals surface area contributed by atoms with Gasteiger partial charge in [-0.05, 0) is 6.42 Å². The summed E-state index contributed by atoms with van der Waals surface area (Å²) < 4.78 is 22.2. The minimum absolute atomic E-state index is 0. The minimum Gasteiger partial charge on any atom is -0.375 e. The molecule has 0 aromatic carbocycles. The zero-order valence-corrected chi connectivity index (χ0v) is 9.22. The number of thiazole rings is 1. The second-order valence-electron chi connectivity index (χ2n) is 2.97. The first-order valence-corrected chi connectivity index (χ1v) is 6.87. The molecule has 0 aliphatic carbocycles. The lowest BCUT2D eigenvalue weighted by Crippen LogP contribution is -2.09. The van der Waals surface area contributed by atoms with Crippen LogP contribution in [-0.2, 0) is 19.8 Å². The first-order valence-electron chi connectivity index (χ1n) is 4.26. The Morgan fingerprint density at radius 3 is 2.73 bits per heavy atom. The summed E-state index contributed by atoms with van der Waals surface area (Å²) in [6.45, 7) is 0.994. The number of nitrogens with two attached hydrogens (primary N) is 1. The second-order valence-corrected chi connectivity index (χ2v) is 5.91. The lowest BCUT2D eigenvalue weighted by atomic mass is 10.5. The number of hydrogen-bond donors (Lipinski definition) is 1. The first-order chi connectivity index (χ1) is 6.68. The Morgan fingerprint density at radius 1 is 1.53 bits per heavy atom. The van der Waals surface area contributed by atoms with Gasteiger partial charge in [-0.3, -0.25) is 4.57 Å². The number of aromatic nitrogens is 1. The SMILES string of the molecule is C.Nc1nc(CP2(=O)OCCCO2)cs1. The molecule has 2 rings (SSSR count). The molecule has 7 heteroatoms. The van der Waals surface area contributed by atoms with Crippen LogP contribution in [0.2, 0.25) is 0 Å². The summed E-state index contributed by atoms with van der Waals surface area (Å²) >= 11 is 1.33. The average Bonchev–Trinajstić information content (AvgIpc) is 2.51. The van der Waals surface area contributed by atoms with Crippen molar-refractivity contribution >= 4 is 24.1 Å². The molecular weight excluding hydrogens is 235 g/mol. The van der Waals surface area contributed by atoms with Gasteiger partial charge in [0, 0.05) is 5.38 Å². The fourth-order valence-corrected chi connectivity index (χ4v) is 3.51. The lowest BCUT2D eigenvalue weighted by Gasteiger charge is -2.21. The number of rotatable bonds is 2. The normalized spacial score (nSPS) is 19.5. The van der Waals surface area contributed by atoms with E-state index in [9.17, 15) is 4.57 Å². The van der Waals surface area contributed by atoms with Crippen LogP contribution in [0.15, 0.2) is 5.38 Å². The summed E-state index contributed by atoms with van der Waals surface area (Å²) in [4.78, 5) is 4.01. The smallest absolute Gasteiger partial charge is 0.336 e. The Morgan fingerprint density at radius 2 is 2.20 bits per heavy atom. The third-order valence-corrected chi connectivity index (χ3v) is 4.38. The van der Waals surface area contributed by atoms with Crippen molar-refractivity contribution in [2.45, 2.75) is 20.0 Å². The van der Waals surface area contributed by atoms with E-state index in [1.165, 1.54) is 11.3 Å². The van der Waals surface area contributed by atoms with Crippen molar-refractivity contribution in [3.63, 3.8) is 0 Å². The van der Waals surface area contributed by atoms with Gasteiger partial charge in [0.25, 0.3) is 0 Å². The largest absolute Gasteiger partial charge is 0.375 e. The summed E-state index contributed by atoms with van der Waals surface area (Å²) in [5.74, 6) is 0. The van der Waals surface area contributed by atoms with E-state index < -0.39 is 7.60 Å². The van der Waals surface area contributed by atoms with Gasteiger partial charge < -0.3 is 14.8 Å². The van der Waals surface area contributed by atoms with Gasteiger partial charge in [0.15, 0.2) is 5.13 Å². The molecule has 86 valence electrons. The van der Waals surface area contributed by atoms with Gasteiger partial charge in [0.05, 0.1) is 25.1 Å². The van der Waals surface area contributed by atoms with Crippen molar-refractivity contribution in [1.29, 1.82) is 0 Å². The number of nitrogens with zero attached hydrogens (tertiary/aromatic N) is 1. The van der Waals surface area contributed by atoms with Crippen molar-refractivity contribution in [3.05, 3.63) is 11.1 Å². The topological polar surface area (TPSA) is 74.4 Å². The van der Waals surface area contributed by atoms with E-state index in [0.29, 0.717) is 24.0 Å². The molecular formula is C8H15N2O3PS. The van der Waals surface area contributed by atoms with E-state index >= 15 is 0 Å². The maximum absolute atomic E-state index is 11.9. The molecule has 0 unspecified atom stereocenters. The van der Waals surface area contributed by atoms with Crippen LogP contribution in [0.3, 0.4) is 0 Å². The third-order valence-electron chi connectivity index (χ3n) is 1.79. The molecule has 0 atom stereocenters. The predicted octanol–water partition coefficient (Wildman–Crippen LogP) is 2.49. The van der Waals surface area contributed by atoms with E-state index in [1.54, 1.807) is 5.38 Å². The van der Waals surface area contributed by atoms with Crippen LogP contribution < -0.4 is 5.73 Å². The number of anilines is 1. The van der Waals surface area contributed by atoms with Crippen molar-refractivity contribution in [2.75, 3.05) is 18.9 Å². The molecule has 1 aromatic heterocycles. The average molecular weight is 250 g/mol. The standard InChI is InChI=1S/C7H11N2O3PS.CH4/c8-7-9-6(5-14-7)4-13(10)11-2-1-3-12-13;/h5H,1-4H2,(H2,8,9);1H4. The first kappa shape index (κ1) is 12.6. The lowest BCUT2D eigenvalue weighted by molar-refractivity contribution is 0.145. The fourth-order valence-electron chi connectivity index (χ4n) is 1.19. The zero-order valence-electron chi connectivity index (χ0n) is 7.51. The molecule has 1 aromatic rings. The highest BCUT2D eigenvalue weighted by Gasteiger charge is 2.29. The molecule has 1 fully saturated rings. The highest BCUT2D eigenvalue weighted by Crippen LogP contribution is 2.53. The van der Waals surface area contributed by atoms with Crippen molar-refractivity contribution < 1.29 is 13.6 Å². The third kappa shape index (κ3) is 3.28. The Balaban J connectivity index is 0.00000112. The number of hydrogen-bond acceptors (Lipinski definition) is 6. The van der Waals surface area contributed by atoms with E-state index in [1.807, 2.05) is 0 Å². The van der Waals surface area contributed by atoms with E-state index in [2.05, 4.69) is 4.98 Å². The van der Waals surface area contributed by atoms with Crippen LogP contribution >= 0.6 is 18.9 Å². The van der Waals surface area contributed by atoms with Gasteiger partial charge in [-0.15, -0.1) is 11.3 Å². The van der Waals surface area contributed by atoms with E-state index in [0.717, 1.165) is 6.42 Å². The van der Waals surface area contributed by atoms with Crippen molar-refractivity contribution in [2.24, 2.45) is 0 Å². The summed E-state index contributed by atoms with van der Waals surface area (Å²) in [5.41, 5.74) is 6.14. The Labute approximate surface area is 93.1 Å². The molecule has 5 nitrogen and oxygen atoms in total. The molecule has 0 amide bonds. The number of nitrogen functional groups attached to an aromatic ring is 1. The maximum atomic E-state index is 11.9. The Bertz CT molecular complexity index is 359. The predicted molar refractivity (Wildman–Crippen MR) is 61.1 cm³/mol. The highest BCUT2D eigenvalue weighted by atomic mass is 32.1. The summed E-state index contributed by atoms with van der Waals surface area (Å²) in [7, 11) is -2.93. The monoisotopic (exact) mass is 250 g/mol. The maximum Gasteiger partial charge on any atom is 0.336 e. The highest BCUT2D eigenvalue weighted by molar-refractivity contribution is 7.53.